The lowest BCUT2D eigenvalue weighted by atomic mass is 9.92. The first-order chi connectivity index (χ1) is 13.5. The molecule has 3 N–H and O–H groups in total. The highest BCUT2D eigenvalue weighted by Gasteiger charge is 2.24. The first kappa shape index (κ1) is 19.4. The Labute approximate surface area is 162 Å². The van der Waals surface area contributed by atoms with Crippen LogP contribution in [0.3, 0.4) is 0 Å². The molecular weight excluding hydrogens is 364 g/mol. The Morgan fingerprint density at radius 1 is 1.14 bits per heavy atom. The average Bonchev–Trinajstić information content (AvgIpc) is 2.71. The van der Waals surface area contributed by atoms with Crippen molar-refractivity contribution in [1.29, 1.82) is 0 Å². The summed E-state index contributed by atoms with van der Waals surface area (Å²) in [5.41, 5.74) is 7.31. The monoisotopic (exact) mass is 386 g/mol. The number of carbonyl (C=O) groups excluding carboxylic acids is 2. The fourth-order valence-corrected chi connectivity index (χ4v) is 3.23. The zero-order chi connectivity index (χ0) is 20.3. The van der Waals surface area contributed by atoms with Crippen molar-refractivity contribution in [3.8, 4) is 17.2 Å². The highest BCUT2D eigenvalue weighted by Crippen LogP contribution is 2.38. The zero-order valence-corrected chi connectivity index (χ0v) is 15.9. The molecule has 0 aliphatic heterocycles. The van der Waals surface area contributed by atoms with E-state index < -0.39 is 5.91 Å². The number of hydrogen-bond donors (Lipinski definition) is 2. The second-order valence-electron chi connectivity index (χ2n) is 6.36. The molecular formula is C19H22N4O5. The Bertz CT molecular complexity index is 890. The number of nitrogens with two attached hydrogens (primary N) is 1. The Kier molecular flexibility index (Phi) is 5.62. The molecule has 0 spiro atoms. The highest BCUT2D eigenvalue weighted by molar-refractivity contribution is 5.96. The Hall–Kier alpha value is -3.36. The number of methoxy groups -OCH3 is 3. The van der Waals surface area contributed by atoms with Crippen LogP contribution in [0.4, 0.5) is 0 Å². The minimum atomic E-state index is -0.652. The number of amides is 2. The number of benzene rings is 1. The predicted molar refractivity (Wildman–Crippen MR) is 99.9 cm³/mol. The third kappa shape index (κ3) is 3.83. The van der Waals surface area contributed by atoms with Crippen LogP contribution in [0.25, 0.3) is 0 Å². The molecule has 1 unspecified atom stereocenters. The molecule has 1 aromatic heterocycles. The molecule has 1 heterocycles. The molecule has 2 aromatic rings. The summed E-state index contributed by atoms with van der Waals surface area (Å²) in [5, 5.41) is 3.02. The number of nitrogens with zero attached hydrogens (tertiary/aromatic N) is 2. The van der Waals surface area contributed by atoms with E-state index in [4.69, 9.17) is 19.9 Å². The van der Waals surface area contributed by atoms with Gasteiger partial charge >= 0.3 is 0 Å². The number of nitrogens with one attached hydrogen (secondary N) is 1. The van der Waals surface area contributed by atoms with Crippen LogP contribution in [-0.4, -0.2) is 49.2 Å². The standard InChI is InChI=1S/C19H22N4O5/c1-26-14-7-10(8-15(27-2)16(14)28-3)19(25)22-12-4-5-13-11(6-12)9-21-18(23-13)17(20)24/h7-9,12H,4-6H2,1-3H3,(H2,20,24)(H,22,25). The lowest BCUT2D eigenvalue weighted by Crippen LogP contribution is -2.39. The number of aromatic nitrogens is 2. The van der Waals surface area contributed by atoms with Crippen molar-refractivity contribution >= 4 is 11.8 Å². The Balaban J connectivity index is 1.76. The molecule has 9 heteroatoms. The molecule has 1 atom stereocenters. The smallest absolute Gasteiger partial charge is 0.286 e. The maximum Gasteiger partial charge on any atom is 0.286 e. The van der Waals surface area contributed by atoms with Gasteiger partial charge in [-0.05, 0) is 37.0 Å². The quantitative estimate of drug-likeness (QED) is 0.755. The summed E-state index contributed by atoms with van der Waals surface area (Å²) in [7, 11) is 4.50. The van der Waals surface area contributed by atoms with Crippen LogP contribution in [-0.2, 0) is 12.8 Å². The minimum Gasteiger partial charge on any atom is -0.493 e. The van der Waals surface area contributed by atoms with Gasteiger partial charge in [-0.2, -0.15) is 0 Å². The van der Waals surface area contributed by atoms with Gasteiger partial charge in [0.05, 0.1) is 21.3 Å². The summed E-state index contributed by atoms with van der Waals surface area (Å²) < 4.78 is 15.9. The number of hydrogen-bond acceptors (Lipinski definition) is 7. The maximum absolute atomic E-state index is 12.7. The molecule has 3 rings (SSSR count). The van der Waals surface area contributed by atoms with E-state index in [0.717, 1.165) is 11.3 Å². The lowest BCUT2D eigenvalue weighted by molar-refractivity contribution is 0.0932. The van der Waals surface area contributed by atoms with Gasteiger partial charge in [0.25, 0.3) is 11.8 Å². The van der Waals surface area contributed by atoms with E-state index in [1.54, 1.807) is 18.3 Å². The fourth-order valence-electron chi connectivity index (χ4n) is 3.23. The first-order valence-corrected chi connectivity index (χ1v) is 8.72. The van der Waals surface area contributed by atoms with Gasteiger partial charge in [0, 0.05) is 23.5 Å². The summed E-state index contributed by atoms with van der Waals surface area (Å²) in [6.07, 6.45) is 3.49. The van der Waals surface area contributed by atoms with E-state index in [1.165, 1.54) is 21.3 Å². The van der Waals surface area contributed by atoms with Gasteiger partial charge in [-0.1, -0.05) is 0 Å². The summed E-state index contributed by atoms with van der Waals surface area (Å²) in [6.45, 7) is 0. The van der Waals surface area contributed by atoms with Crippen molar-refractivity contribution < 1.29 is 23.8 Å². The average molecular weight is 386 g/mol. The van der Waals surface area contributed by atoms with Crippen molar-refractivity contribution in [2.75, 3.05) is 21.3 Å². The van der Waals surface area contributed by atoms with E-state index in [1.807, 2.05) is 0 Å². The van der Waals surface area contributed by atoms with Gasteiger partial charge in [0.2, 0.25) is 11.6 Å². The third-order valence-electron chi connectivity index (χ3n) is 4.63. The van der Waals surface area contributed by atoms with Crippen molar-refractivity contribution in [2.24, 2.45) is 5.73 Å². The Morgan fingerprint density at radius 3 is 2.39 bits per heavy atom. The molecule has 0 saturated carbocycles. The molecule has 0 bridgehead atoms. The molecule has 2 amide bonds. The summed E-state index contributed by atoms with van der Waals surface area (Å²) in [6, 6.07) is 3.13. The van der Waals surface area contributed by atoms with E-state index in [9.17, 15) is 9.59 Å². The van der Waals surface area contributed by atoms with E-state index >= 15 is 0 Å². The largest absolute Gasteiger partial charge is 0.493 e. The second kappa shape index (κ2) is 8.12. The first-order valence-electron chi connectivity index (χ1n) is 8.72. The van der Waals surface area contributed by atoms with Crippen LogP contribution in [0.2, 0.25) is 0 Å². The lowest BCUT2D eigenvalue weighted by Gasteiger charge is -2.25. The van der Waals surface area contributed by atoms with Gasteiger partial charge in [0.15, 0.2) is 11.5 Å². The Morgan fingerprint density at radius 2 is 1.82 bits per heavy atom. The molecule has 28 heavy (non-hydrogen) atoms. The van der Waals surface area contributed by atoms with Crippen LogP contribution < -0.4 is 25.3 Å². The molecule has 9 nitrogen and oxygen atoms in total. The zero-order valence-electron chi connectivity index (χ0n) is 15.9. The van der Waals surface area contributed by atoms with Crippen LogP contribution >= 0.6 is 0 Å². The SMILES string of the molecule is COc1cc(C(=O)NC2CCc3nc(C(N)=O)ncc3C2)cc(OC)c1OC. The normalized spacial score (nSPS) is 15.3. The number of aryl methyl sites for hydroxylation is 1. The van der Waals surface area contributed by atoms with Crippen LogP contribution in [0, 0.1) is 0 Å². The second-order valence-corrected chi connectivity index (χ2v) is 6.36. The third-order valence-corrected chi connectivity index (χ3v) is 4.63. The van der Waals surface area contributed by atoms with E-state index in [0.29, 0.717) is 42.1 Å². The van der Waals surface area contributed by atoms with Gasteiger partial charge < -0.3 is 25.3 Å². The van der Waals surface area contributed by atoms with E-state index in [-0.39, 0.29) is 17.8 Å². The topological polar surface area (TPSA) is 126 Å². The van der Waals surface area contributed by atoms with Crippen molar-refractivity contribution in [3.63, 3.8) is 0 Å². The molecule has 0 radical (unpaired) electrons. The van der Waals surface area contributed by atoms with Gasteiger partial charge in [-0.15, -0.1) is 0 Å². The molecule has 148 valence electrons. The number of rotatable bonds is 6. The molecule has 1 aromatic carbocycles. The number of fused-ring (bicyclic) bond motifs is 1. The van der Waals surface area contributed by atoms with Crippen LogP contribution in [0.15, 0.2) is 18.3 Å². The summed E-state index contributed by atoms with van der Waals surface area (Å²) in [4.78, 5) is 32.1. The minimum absolute atomic E-state index is 0.0126. The molecule has 1 aliphatic rings. The van der Waals surface area contributed by atoms with E-state index in [2.05, 4.69) is 15.3 Å². The predicted octanol–water partition coefficient (Wildman–Crippen LogP) is 0.889. The fraction of sp³-hybridized carbons (Fsp3) is 0.368. The van der Waals surface area contributed by atoms with Crippen molar-refractivity contribution in [3.05, 3.63) is 41.0 Å². The molecule has 0 fully saturated rings. The van der Waals surface area contributed by atoms with Crippen LogP contribution in [0.5, 0.6) is 17.2 Å². The molecule has 0 saturated heterocycles. The van der Waals surface area contributed by atoms with Crippen molar-refractivity contribution in [2.45, 2.75) is 25.3 Å². The van der Waals surface area contributed by atoms with Crippen LogP contribution in [0.1, 0.15) is 38.7 Å². The molecule has 1 aliphatic carbocycles. The highest BCUT2D eigenvalue weighted by atomic mass is 16.5. The van der Waals surface area contributed by atoms with Gasteiger partial charge in [-0.25, -0.2) is 9.97 Å². The van der Waals surface area contributed by atoms with Crippen molar-refractivity contribution in [1.82, 2.24) is 15.3 Å². The number of carbonyl (C=O) groups is 2. The number of ether oxygens (including phenoxy) is 3. The summed E-state index contributed by atoms with van der Waals surface area (Å²) >= 11 is 0. The van der Waals surface area contributed by atoms with Gasteiger partial charge in [0.1, 0.15) is 0 Å². The maximum atomic E-state index is 12.7. The number of primary amides is 1. The van der Waals surface area contributed by atoms with Gasteiger partial charge in [-0.3, -0.25) is 9.59 Å². The summed E-state index contributed by atoms with van der Waals surface area (Å²) in [5.74, 6) is 0.360.